The van der Waals surface area contributed by atoms with E-state index in [1.807, 2.05) is 5.38 Å². The van der Waals surface area contributed by atoms with Crippen molar-refractivity contribution in [1.82, 2.24) is 10.6 Å². The van der Waals surface area contributed by atoms with E-state index in [0.29, 0.717) is 0 Å². The molecule has 1 aliphatic heterocycles. The molecule has 0 saturated carbocycles. The monoisotopic (exact) mass is 356 g/mol. The lowest BCUT2D eigenvalue weighted by Gasteiger charge is -2.29. The van der Waals surface area contributed by atoms with Crippen LogP contribution in [-0.4, -0.2) is 25.2 Å². The van der Waals surface area contributed by atoms with Crippen LogP contribution in [0.1, 0.15) is 11.3 Å². The van der Waals surface area contributed by atoms with Crippen LogP contribution in [0.4, 0.5) is 13.2 Å². The molecule has 1 aliphatic rings. The quantitative estimate of drug-likeness (QED) is 0.874. The normalized spacial score (nSPS) is 23.6. The number of rotatable bonds is 3. The molecule has 1 amide bonds. The topological polar surface area (TPSA) is 41.1 Å². The highest BCUT2D eigenvalue weighted by molar-refractivity contribution is 9.10. The number of hydrogen-bond acceptors (Lipinski definition) is 3. The second-order valence-electron chi connectivity index (χ2n) is 4.38. The van der Waals surface area contributed by atoms with Gasteiger partial charge in [-0.25, -0.2) is 0 Å². The summed E-state index contributed by atoms with van der Waals surface area (Å²) in [5, 5.41) is 6.82. The van der Waals surface area contributed by atoms with Gasteiger partial charge in [-0.1, -0.05) is 0 Å². The van der Waals surface area contributed by atoms with Gasteiger partial charge < -0.3 is 10.6 Å². The molecule has 2 N–H and O–H groups in total. The van der Waals surface area contributed by atoms with Crippen molar-refractivity contribution < 1.29 is 18.0 Å². The van der Waals surface area contributed by atoms with Crippen LogP contribution in [0.25, 0.3) is 0 Å². The van der Waals surface area contributed by atoms with Crippen LogP contribution in [0.3, 0.4) is 0 Å². The summed E-state index contributed by atoms with van der Waals surface area (Å²) in [5.41, 5.74) is -2.29. The highest BCUT2D eigenvalue weighted by Crippen LogP contribution is 2.43. The molecule has 1 saturated heterocycles. The van der Waals surface area contributed by atoms with Crippen molar-refractivity contribution in [3.05, 3.63) is 20.8 Å². The zero-order valence-corrected chi connectivity index (χ0v) is 12.2. The van der Waals surface area contributed by atoms with E-state index in [1.54, 1.807) is 6.07 Å². The maximum Gasteiger partial charge on any atom is 0.404 e. The predicted octanol–water partition coefficient (Wildman–Crippen LogP) is 2.67. The maximum atomic E-state index is 13.1. The minimum atomic E-state index is -4.53. The van der Waals surface area contributed by atoms with Gasteiger partial charge in [0.2, 0.25) is 5.91 Å². The largest absolute Gasteiger partial charge is 0.404 e. The highest BCUT2D eigenvalue weighted by Gasteiger charge is 2.61. The van der Waals surface area contributed by atoms with Crippen LogP contribution in [0.2, 0.25) is 0 Å². The van der Waals surface area contributed by atoms with Crippen LogP contribution in [-0.2, 0) is 11.3 Å². The molecule has 1 unspecified atom stereocenters. The van der Waals surface area contributed by atoms with Crippen molar-refractivity contribution in [3.63, 3.8) is 0 Å². The molecule has 0 aliphatic carbocycles. The van der Waals surface area contributed by atoms with Crippen LogP contribution in [0.5, 0.6) is 0 Å². The Kier molecular flexibility index (Phi) is 4.22. The smallest absolute Gasteiger partial charge is 0.350 e. The number of amides is 1. The highest BCUT2D eigenvalue weighted by atomic mass is 79.9. The van der Waals surface area contributed by atoms with Gasteiger partial charge in [-0.15, -0.1) is 11.3 Å². The fraction of sp³-hybridized carbons (Fsp3) is 0.545. The summed E-state index contributed by atoms with van der Waals surface area (Å²) in [6.45, 7) is -0.0432. The standard InChI is InChI=1S/C11H12BrF3N2OS/c12-7-1-4-19-8(7)5-17-9(18)10(11(13,14)15)2-3-16-6-10/h1,4,16H,2-3,5-6H2,(H,17,18). The lowest BCUT2D eigenvalue weighted by molar-refractivity contribution is -0.216. The number of halogens is 4. The van der Waals surface area contributed by atoms with E-state index < -0.39 is 17.5 Å². The first-order valence-electron chi connectivity index (χ1n) is 5.64. The van der Waals surface area contributed by atoms with Crippen molar-refractivity contribution in [2.45, 2.75) is 19.1 Å². The molecule has 0 spiro atoms. The molecule has 0 aromatic carbocycles. The van der Waals surface area contributed by atoms with Crippen molar-refractivity contribution in [3.8, 4) is 0 Å². The minimum Gasteiger partial charge on any atom is -0.350 e. The van der Waals surface area contributed by atoms with Crippen molar-refractivity contribution >= 4 is 33.2 Å². The van der Waals surface area contributed by atoms with Gasteiger partial charge in [0.05, 0.1) is 6.54 Å². The van der Waals surface area contributed by atoms with Gasteiger partial charge in [0, 0.05) is 15.9 Å². The SMILES string of the molecule is O=C(NCc1sccc1Br)C1(C(F)(F)F)CCNC1. The van der Waals surface area contributed by atoms with E-state index in [1.165, 1.54) is 11.3 Å². The lowest BCUT2D eigenvalue weighted by Crippen LogP contribution is -2.51. The number of carbonyl (C=O) groups is 1. The fourth-order valence-corrected chi connectivity index (χ4v) is 3.47. The summed E-state index contributed by atoms with van der Waals surface area (Å²) in [7, 11) is 0. The zero-order valence-electron chi connectivity index (χ0n) is 9.81. The number of nitrogens with one attached hydrogen (secondary N) is 2. The second-order valence-corrected chi connectivity index (χ2v) is 6.24. The van der Waals surface area contributed by atoms with Gasteiger partial charge in [-0.2, -0.15) is 13.2 Å². The first kappa shape index (κ1) is 14.8. The summed E-state index contributed by atoms with van der Waals surface area (Å²) in [5.74, 6) is -0.953. The van der Waals surface area contributed by atoms with E-state index in [0.717, 1.165) is 9.35 Å². The molecule has 1 aromatic heterocycles. The van der Waals surface area contributed by atoms with Gasteiger partial charge >= 0.3 is 6.18 Å². The van der Waals surface area contributed by atoms with Crippen LogP contribution in [0, 0.1) is 5.41 Å². The van der Waals surface area contributed by atoms with E-state index >= 15 is 0 Å². The lowest BCUT2D eigenvalue weighted by atomic mass is 9.85. The Bertz CT molecular complexity index is 469. The Morgan fingerprint density at radius 1 is 1.58 bits per heavy atom. The third kappa shape index (κ3) is 2.80. The summed E-state index contributed by atoms with van der Waals surface area (Å²) in [6.07, 6.45) is -4.75. The average Bonchev–Trinajstić information content (AvgIpc) is 2.94. The van der Waals surface area contributed by atoms with Gasteiger partial charge in [0.25, 0.3) is 0 Å². The summed E-state index contributed by atoms with van der Waals surface area (Å²) in [6, 6.07) is 1.79. The predicted molar refractivity (Wildman–Crippen MR) is 69.8 cm³/mol. The number of alkyl halides is 3. The molecule has 3 nitrogen and oxygen atoms in total. The van der Waals surface area contributed by atoms with Gasteiger partial charge in [0.15, 0.2) is 5.41 Å². The van der Waals surface area contributed by atoms with Gasteiger partial charge in [-0.05, 0) is 40.3 Å². The Balaban J connectivity index is 2.07. The van der Waals surface area contributed by atoms with Crippen LogP contribution >= 0.6 is 27.3 Å². The number of carbonyl (C=O) groups excluding carboxylic acids is 1. The number of hydrogen-bond donors (Lipinski definition) is 2. The molecule has 0 bridgehead atoms. The molecule has 106 valence electrons. The van der Waals surface area contributed by atoms with Gasteiger partial charge in [-0.3, -0.25) is 4.79 Å². The summed E-state index contributed by atoms with van der Waals surface area (Å²) in [4.78, 5) is 12.7. The molecule has 8 heteroatoms. The first-order valence-corrected chi connectivity index (χ1v) is 7.32. The zero-order chi connectivity index (χ0) is 14.1. The summed E-state index contributed by atoms with van der Waals surface area (Å²) < 4.78 is 40.1. The molecule has 19 heavy (non-hydrogen) atoms. The van der Waals surface area contributed by atoms with E-state index in [2.05, 4.69) is 26.6 Å². The second kappa shape index (κ2) is 5.41. The Hall–Kier alpha value is -0.600. The van der Waals surface area contributed by atoms with Crippen molar-refractivity contribution in [1.29, 1.82) is 0 Å². The van der Waals surface area contributed by atoms with E-state index in [9.17, 15) is 18.0 Å². The van der Waals surface area contributed by atoms with Crippen molar-refractivity contribution in [2.24, 2.45) is 5.41 Å². The Labute approximate surface area is 120 Å². The van der Waals surface area contributed by atoms with Gasteiger partial charge in [0.1, 0.15) is 0 Å². The third-order valence-electron chi connectivity index (χ3n) is 3.23. The maximum absolute atomic E-state index is 13.1. The number of thiophene rings is 1. The Morgan fingerprint density at radius 2 is 2.32 bits per heavy atom. The van der Waals surface area contributed by atoms with Crippen LogP contribution in [0.15, 0.2) is 15.9 Å². The minimum absolute atomic E-state index is 0.106. The first-order chi connectivity index (χ1) is 8.87. The fourth-order valence-electron chi connectivity index (χ4n) is 2.04. The molecule has 0 radical (unpaired) electrons. The van der Waals surface area contributed by atoms with E-state index in [-0.39, 0.29) is 26.1 Å². The molecule has 2 heterocycles. The Morgan fingerprint density at radius 3 is 2.79 bits per heavy atom. The van der Waals surface area contributed by atoms with E-state index in [4.69, 9.17) is 0 Å². The van der Waals surface area contributed by atoms with Crippen LogP contribution < -0.4 is 10.6 Å². The molecule has 1 atom stereocenters. The third-order valence-corrected chi connectivity index (χ3v) is 5.16. The molecular weight excluding hydrogens is 345 g/mol. The molecule has 2 rings (SSSR count). The molecular formula is C11H12BrF3N2OS. The van der Waals surface area contributed by atoms with Crippen molar-refractivity contribution in [2.75, 3.05) is 13.1 Å². The molecule has 1 aromatic rings. The average molecular weight is 357 g/mol. The summed E-state index contributed by atoms with van der Waals surface area (Å²) >= 11 is 4.66. The molecule has 1 fully saturated rings.